The third kappa shape index (κ3) is 3.61. The molecule has 2 heterocycles. The Kier molecular flexibility index (Phi) is 4.94. The average molecular weight is 394 g/mol. The highest BCUT2D eigenvalue weighted by atomic mass is 35.5. The Hall–Kier alpha value is -1.95. The lowest BCUT2D eigenvalue weighted by atomic mass is 10.1. The standard InChI is InChI=1S/C19H18Cl2N2O3/c20-14-2-3-15(16(21)10-14)19(24)23-7-5-22(6-8-23)11-13-1-4-17-18(9-13)26-12-25-17/h1-4,9-10H,5-8,11-12H2/p+1. The Balaban J connectivity index is 1.36. The number of carbonyl (C=O) groups is 1. The zero-order valence-electron chi connectivity index (χ0n) is 14.1. The van der Waals surface area contributed by atoms with E-state index in [1.807, 2.05) is 17.0 Å². The third-order valence-electron chi connectivity index (χ3n) is 4.81. The van der Waals surface area contributed by atoms with Crippen LogP contribution in [0.15, 0.2) is 36.4 Å². The summed E-state index contributed by atoms with van der Waals surface area (Å²) in [5.41, 5.74) is 1.72. The van der Waals surface area contributed by atoms with E-state index in [2.05, 4.69) is 6.07 Å². The first-order chi connectivity index (χ1) is 12.6. The lowest BCUT2D eigenvalue weighted by Crippen LogP contribution is -3.13. The largest absolute Gasteiger partial charge is 0.454 e. The number of nitrogens with one attached hydrogen (secondary N) is 1. The molecule has 2 aliphatic rings. The molecule has 136 valence electrons. The number of benzene rings is 2. The molecule has 0 aliphatic carbocycles. The van der Waals surface area contributed by atoms with Crippen LogP contribution in [0.3, 0.4) is 0 Å². The minimum atomic E-state index is -0.0335. The van der Waals surface area contributed by atoms with Crippen molar-refractivity contribution in [2.75, 3.05) is 33.0 Å². The highest BCUT2D eigenvalue weighted by Crippen LogP contribution is 2.32. The van der Waals surface area contributed by atoms with Crippen molar-refractivity contribution in [1.82, 2.24) is 4.90 Å². The molecule has 0 spiro atoms. The van der Waals surface area contributed by atoms with Crippen LogP contribution in [0.2, 0.25) is 10.0 Å². The van der Waals surface area contributed by atoms with Gasteiger partial charge in [-0.25, -0.2) is 0 Å². The maximum atomic E-state index is 12.7. The van der Waals surface area contributed by atoms with Crippen molar-refractivity contribution in [2.24, 2.45) is 0 Å². The van der Waals surface area contributed by atoms with Crippen LogP contribution in [0.25, 0.3) is 0 Å². The van der Waals surface area contributed by atoms with Crippen LogP contribution >= 0.6 is 23.2 Å². The SMILES string of the molecule is O=C(c1ccc(Cl)cc1Cl)N1CC[NH+](Cc2ccc3c(c2)OCO3)CC1. The van der Waals surface area contributed by atoms with E-state index in [4.69, 9.17) is 32.7 Å². The molecule has 7 heteroatoms. The van der Waals surface area contributed by atoms with Crippen molar-refractivity contribution >= 4 is 29.1 Å². The summed E-state index contributed by atoms with van der Waals surface area (Å²) in [5, 5.41) is 0.933. The van der Waals surface area contributed by atoms with Crippen molar-refractivity contribution in [2.45, 2.75) is 6.54 Å². The van der Waals surface area contributed by atoms with Gasteiger partial charge in [0.25, 0.3) is 5.91 Å². The number of amides is 1. The van der Waals surface area contributed by atoms with Gasteiger partial charge in [0.1, 0.15) is 6.54 Å². The molecule has 26 heavy (non-hydrogen) atoms. The van der Waals surface area contributed by atoms with Gasteiger partial charge >= 0.3 is 0 Å². The molecule has 0 unspecified atom stereocenters. The summed E-state index contributed by atoms with van der Waals surface area (Å²) in [6, 6.07) is 11.1. The number of rotatable bonds is 3. The highest BCUT2D eigenvalue weighted by molar-refractivity contribution is 6.36. The van der Waals surface area contributed by atoms with Gasteiger partial charge in [0.15, 0.2) is 11.5 Å². The molecule has 0 bridgehead atoms. The summed E-state index contributed by atoms with van der Waals surface area (Å²) in [5.74, 6) is 1.58. The molecule has 1 fully saturated rings. The molecule has 4 rings (SSSR count). The van der Waals surface area contributed by atoms with Crippen molar-refractivity contribution in [1.29, 1.82) is 0 Å². The smallest absolute Gasteiger partial charge is 0.255 e. The van der Waals surface area contributed by atoms with E-state index in [1.165, 1.54) is 10.5 Å². The van der Waals surface area contributed by atoms with Crippen LogP contribution < -0.4 is 14.4 Å². The normalized spacial score (nSPS) is 16.8. The van der Waals surface area contributed by atoms with E-state index in [9.17, 15) is 4.79 Å². The minimum absolute atomic E-state index is 0.0335. The zero-order valence-corrected chi connectivity index (χ0v) is 15.6. The zero-order chi connectivity index (χ0) is 18.1. The van der Waals surface area contributed by atoms with Crippen LogP contribution in [-0.4, -0.2) is 43.8 Å². The third-order valence-corrected chi connectivity index (χ3v) is 5.36. The summed E-state index contributed by atoms with van der Waals surface area (Å²) in [6.07, 6.45) is 0. The number of quaternary nitrogens is 1. The maximum Gasteiger partial charge on any atom is 0.255 e. The molecule has 2 aromatic carbocycles. The van der Waals surface area contributed by atoms with Gasteiger partial charge in [-0.3, -0.25) is 4.79 Å². The van der Waals surface area contributed by atoms with Gasteiger partial charge < -0.3 is 19.3 Å². The Morgan fingerprint density at radius 1 is 1.04 bits per heavy atom. The lowest BCUT2D eigenvalue weighted by Gasteiger charge is -2.32. The van der Waals surface area contributed by atoms with Gasteiger partial charge in [-0.05, 0) is 36.4 Å². The monoisotopic (exact) mass is 393 g/mol. The summed E-state index contributed by atoms with van der Waals surface area (Å²) in [7, 11) is 0. The Labute approximate surface area is 162 Å². The molecule has 2 aliphatic heterocycles. The average Bonchev–Trinajstić information content (AvgIpc) is 3.10. The molecular formula is C19H19Cl2N2O3+. The van der Waals surface area contributed by atoms with Crippen molar-refractivity contribution in [3.05, 3.63) is 57.6 Å². The number of nitrogens with zero attached hydrogens (tertiary/aromatic N) is 1. The van der Waals surface area contributed by atoms with Crippen LogP contribution in [0.1, 0.15) is 15.9 Å². The Morgan fingerprint density at radius 3 is 2.58 bits per heavy atom. The van der Waals surface area contributed by atoms with Gasteiger partial charge in [-0.1, -0.05) is 23.2 Å². The van der Waals surface area contributed by atoms with Crippen molar-refractivity contribution in [3.8, 4) is 11.5 Å². The fraction of sp³-hybridized carbons (Fsp3) is 0.316. The fourth-order valence-electron chi connectivity index (χ4n) is 3.38. The second-order valence-corrected chi connectivity index (χ2v) is 7.37. The maximum absolute atomic E-state index is 12.7. The van der Waals surface area contributed by atoms with Gasteiger partial charge in [0.2, 0.25) is 6.79 Å². The molecule has 1 N–H and O–H groups in total. The number of carbonyl (C=O) groups excluding carboxylic acids is 1. The second-order valence-electron chi connectivity index (χ2n) is 6.53. The summed E-state index contributed by atoms with van der Waals surface area (Å²) in [4.78, 5) is 16.0. The van der Waals surface area contributed by atoms with Crippen LogP contribution in [0.4, 0.5) is 0 Å². The number of fused-ring (bicyclic) bond motifs is 1. The van der Waals surface area contributed by atoms with Crippen molar-refractivity contribution < 1.29 is 19.2 Å². The first kappa shape index (κ1) is 17.5. The van der Waals surface area contributed by atoms with Crippen LogP contribution in [-0.2, 0) is 6.54 Å². The van der Waals surface area contributed by atoms with Crippen molar-refractivity contribution in [3.63, 3.8) is 0 Å². The van der Waals surface area contributed by atoms with Gasteiger partial charge in [0.05, 0.1) is 36.8 Å². The summed E-state index contributed by atoms with van der Waals surface area (Å²) < 4.78 is 10.8. The molecule has 0 aromatic heterocycles. The van der Waals surface area contributed by atoms with E-state index in [0.29, 0.717) is 35.5 Å². The van der Waals surface area contributed by atoms with E-state index in [-0.39, 0.29) is 5.91 Å². The van der Waals surface area contributed by atoms with E-state index >= 15 is 0 Å². The molecular weight excluding hydrogens is 375 g/mol. The van der Waals surface area contributed by atoms with Gasteiger partial charge in [0, 0.05) is 10.6 Å². The topological polar surface area (TPSA) is 43.2 Å². The number of ether oxygens (including phenoxy) is 2. The predicted molar refractivity (Wildman–Crippen MR) is 99.3 cm³/mol. The minimum Gasteiger partial charge on any atom is -0.454 e. The van der Waals surface area contributed by atoms with Crippen LogP contribution in [0.5, 0.6) is 11.5 Å². The number of hydrogen-bond donors (Lipinski definition) is 1. The molecule has 0 radical (unpaired) electrons. The predicted octanol–water partition coefficient (Wildman–Crippen LogP) is 2.26. The number of piperazine rings is 1. The number of halogens is 2. The second kappa shape index (κ2) is 7.35. The molecule has 0 saturated carbocycles. The molecule has 5 nitrogen and oxygen atoms in total. The Bertz CT molecular complexity index is 836. The molecule has 1 amide bonds. The lowest BCUT2D eigenvalue weighted by molar-refractivity contribution is -0.917. The summed E-state index contributed by atoms with van der Waals surface area (Å²) >= 11 is 12.1. The van der Waals surface area contributed by atoms with Gasteiger partial charge in [-0.2, -0.15) is 0 Å². The fourth-order valence-corrected chi connectivity index (χ4v) is 3.86. The molecule has 2 aromatic rings. The van der Waals surface area contributed by atoms with E-state index < -0.39 is 0 Å². The first-order valence-corrected chi connectivity index (χ1v) is 9.32. The Morgan fingerprint density at radius 2 is 1.81 bits per heavy atom. The highest BCUT2D eigenvalue weighted by Gasteiger charge is 2.26. The van der Waals surface area contributed by atoms with E-state index in [0.717, 1.165) is 31.1 Å². The van der Waals surface area contributed by atoms with Crippen LogP contribution in [0, 0.1) is 0 Å². The molecule has 0 atom stereocenters. The number of hydrogen-bond acceptors (Lipinski definition) is 3. The van der Waals surface area contributed by atoms with Gasteiger partial charge in [-0.15, -0.1) is 0 Å². The van der Waals surface area contributed by atoms with E-state index in [1.54, 1.807) is 18.2 Å². The summed E-state index contributed by atoms with van der Waals surface area (Å²) in [6.45, 7) is 4.40. The first-order valence-electron chi connectivity index (χ1n) is 8.56. The molecule has 1 saturated heterocycles. The quantitative estimate of drug-likeness (QED) is 0.869.